The number of anilines is 1. The number of Topliss-reactive ketones (excluding diaryl/α,β-unsaturated/α-hetero) is 1. The Balaban J connectivity index is 2.70. The lowest BCUT2D eigenvalue weighted by Gasteiger charge is -2.15. The summed E-state index contributed by atoms with van der Waals surface area (Å²) in [5.74, 6) is 0.714. The van der Waals surface area contributed by atoms with Gasteiger partial charge in [-0.3, -0.25) is 14.2 Å². The van der Waals surface area contributed by atoms with Crippen LogP contribution in [0, 0.1) is 6.92 Å². The van der Waals surface area contributed by atoms with Crippen LogP contribution >= 0.6 is 0 Å². The summed E-state index contributed by atoms with van der Waals surface area (Å²) in [5, 5.41) is 3.20. The standard InChI is InChI=1S/C12H16N2O2/c1-8-7-10(16)14-6-4-3-5-13-12(14)11(8)9(2)15/h7,13H,3-6H2,1-2H3. The molecule has 4 heteroatoms. The second-order valence-electron chi connectivity index (χ2n) is 4.23. The molecule has 86 valence electrons. The summed E-state index contributed by atoms with van der Waals surface area (Å²) >= 11 is 0. The van der Waals surface area contributed by atoms with Gasteiger partial charge >= 0.3 is 0 Å². The Bertz CT molecular complexity index is 489. The molecule has 2 heterocycles. The maximum Gasteiger partial charge on any atom is 0.252 e. The molecule has 1 aromatic heterocycles. The Kier molecular flexibility index (Phi) is 2.81. The summed E-state index contributed by atoms with van der Waals surface area (Å²) in [5.41, 5.74) is 1.39. The first-order valence-electron chi connectivity index (χ1n) is 5.60. The highest BCUT2D eigenvalue weighted by Gasteiger charge is 2.17. The van der Waals surface area contributed by atoms with Crippen molar-refractivity contribution >= 4 is 11.6 Å². The zero-order valence-electron chi connectivity index (χ0n) is 9.67. The van der Waals surface area contributed by atoms with Gasteiger partial charge in [-0.05, 0) is 32.3 Å². The van der Waals surface area contributed by atoms with E-state index in [0.29, 0.717) is 17.9 Å². The quantitative estimate of drug-likeness (QED) is 0.731. The summed E-state index contributed by atoms with van der Waals surface area (Å²) in [6, 6.07) is 1.55. The normalized spacial score (nSPS) is 14.9. The number of nitrogens with zero attached hydrogens (tertiary/aromatic N) is 1. The SMILES string of the molecule is CC(=O)c1c(C)cc(=O)n2c1NCCCC2. The first-order valence-corrected chi connectivity index (χ1v) is 5.60. The number of hydrogen-bond acceptors (Lipinski definition) is 3. The van der Waals surface area contributed by atoms with Crippen molar-refractivity contribution in [2.45, 2.75) is 33.2 Å². The average Bonchev–Trinajstić information content (AvgIpc) is 2.42. The number of nitrogens with one attached hydrogen (secondary N) is 1. The van der Waals surface area contributed by atoms with Crippen molar-refractivity contribution in [1.29, 1.82) is 0 Å². The first-order chi connectivity index (χ1) is 7.61. The summed E-state index contributed by atoms with van der Waals surface area (Å²) in [4.78, 5) is 23.4. The lowest BCUT2D eigenvalue weighted by Crippen LogP contribution is -2.24. The van der Waals surface area contributed by atoms with Crippen LogP contribution in [0.3, 0.4) is 0 Å². The minimum absolute atomic E-state index is 0.00986. The van der Waals surface area contributed by atoms with Gasteiger partial charge in [0.15, 0.2) is 5.78 Å². The predicted molar refractivity (Wildman–Crippen MR) is 63.2 cm³/mol. The van der Waals surface area contributed by atoms with Crippen LogP contribution in [0.25, 0.3) is 0 Å². The number of carbonyl (C=O) groups is 1. The van der Waals surface area contributed by atoms with E-state index in [-0.39, 0.29) is 11.3 Å². The molecule has 1 aromatic rings. The minimum Gasteiger partial charge on any atom is -0.371 e. The molecule has 0 spiro atoms. The monoisotopic (exact) mass is 220 g/mol. The minimum atomic E-state index is -0.0214. The van der Waals surface area contributed by atoms with E-state index in [1.165, 1.54) is 0 Å². The summed E-state index contributed by atoms with van der Waals surface area (Å²) in [6.45, 7) is 4.87. The number of ketones is 1. The topological polar surface area (TPSA) is 51.1 Å². The van der Waals surface area contributed by atoms with Gasteiger partial charge in [-0.1, -0.05) is 0 Å². The molecule has 1 N–H and O–H groups in total. The van der Waals surface area contributed by atoms with E-state index in [0.717, 1.165) is 24.9 Å². The fourth-order valence-corrected chi connectivity index (χ4v) is 2.22. The van der Waals surface area contributed by atoms with Gasteiger partial charge in [0.05, 0.1) is 5.56 Å². The summed E-state index contributed by atoms with van der Waals surface area (Å²) < 4.78 is 1.68. The molecule has 0 unspecified atom stereocenters. The number of aryl methyl sites for hydroxylation is 1. The van der Waals surface area contributed by atoms with Crippen molar-refractivity contribution in [2.75, 3.05) is 11.9 Å². The molecule has 0 atom stereocenters. The van der Waals surface area contributed by atoms with Crippen LogP contribution in [-0.2, 0) is 6.54 Å². The molecule has 0 aromatic carbocycles. The molecule has 0 fully saturated rings. The fraction of sp³-hybridized carbons (Fsp3) is 0.500. The van der Waals surface area contributed by atoms with E-state index in [1.54, 1.807) is 17.6 Å². The third-order valence-corrected chi connectivity index (χ3v) is 2.96. The van der Waals surface area contributed by atoms with Crippen LogP contribution in [0.2, 0.25) is 0 Å². The van der Waals surface area contributed by atoms with Crippen molar-refractivity contribution in [3.8, 4) is 0 Å². The Morgan fingerprint density at radius 3 is 2.88 bits per heavy atom. The van der Waals surface area contributed by atoms with Crippen molar-refractivity contribution in [2.24, 2.45) is 0 Å². The van der Waals surface area contributed by atoms with E-state index >= 15 is 0 Å². The number of rotatable bonds is 1. The first kappa shape index (κ1) is 10.9. The van der Waals surface area contributed by atoms with Gasteiger partial charge in [0.25, 0.3) is 5.56 Å². The van der Waals surface area contributed by atoms with E-state index in [4.69, 9.17) is 0 Å². The molecule has 0 amide bonds. The molecule has 4 nitrogen and oxygen atoms in total. The molecule has 16 heavy (non-hydrogen) atoms. The lowest BCUT2D eigenvalue weighted by atomic mass is 10.1. The molecule has 0 bridgehead atoms. The van der Waals surface area contributed by atoms with Crippen molar-refractivity contribution in [1.82, 2.24) is 4.57 Å². The van der Waals surface area contributed by atoms with Crippen LogP contribution in [0.5, 0.6) is 0 Å². The Morgan fingerprint density at radius 1 is 1.44 bits per heavy atom. The van der Waals surface area contributed by atoms with Gasteiger partial charge < -0.3 is 5.32 Å². The van der Waals surface area contributed by atoms with Crippen LogP contribution in [-0.4, -0.2) is 16.9 Å². The van der Waals surface area contributed by atoms with Gasteiger partial charge in [0, 0.05) is 19.2 Å². The lowest BCUT2D eigenvalue weighted by molar-refractivity contribution is 0.101. The Morgan fingerprint density at radius 2 is 2.19 bits per heavy atom. The van der Waals surface area contributed by atoms with E-state index in [1.807, 2.05) is 6.92 Å². The zero-order valence-corrected chi connectivity index (χ0v) is 9.67. The van der Waals surface area contributed by atoms with Gasteiger partial charge in [0.2, 0.25) is 0 Å². The third-order valence-electron chi connectivity index (χ3n) is 2.96. The molecule has 2 rings (SSSR count). The largest absolute Gasteiger partial charge is 0.371 e. The number of pyridine rings is 1. The molecule has 1 aliphatic heterocycles. The summed E-state index contributed by atoms with van der Waals surface area (Å²) in [7, 11) is 0. The number of hydrogen-bond donors (Lipinski definition) is 1. The van der Waals surface area contributed by atoms with Crippen LogP contribution in [0.1, 0.15) is 35.7 Å². The highest BCUT2D eigenvalue weighted by atomic mass is 16.1. The highest BCUT2D eigenvalue weighted by molar-refractivity contribution is 6.00. The highest BCUT2D eigenvalue weighted by Crippen LogP contribution is 2.20. The maximum atomic E-state index is 11.8. The van der Waals surface area contributed by atoms with Gasteiger partial charge in [-0.15, -0.1) is 0 Å². The van der Waals surface area contributed by atoms with Crippen LogP contribution < -0.4 is 10.9 Å². The maximum absolute atomic E-state index is 11.8. The van der Waals surface area contributed by atoms with Crippen LogP contribution in [0.15, 0.2) is 10.9 Å². The van der Waals surface area contributed by atoms with Gasteiger partial charge in [0.1, 0.15) is 5.82 Å². The number of fused-ring (bicyclic) bond motifs is 1. The molecule has 1 aliphatic rings. The second kappa shape index (κ2) is 4.12. The molecule has 0 saturated carbocycles. The zero-order chi connectivity index (χ0) is 11.7. The molecule has 0 radical (unpaired) electrons. The summed E-state index contributed by atoms with van der Waals surface area (Å²) in [6.07, 6.45) is 2.00. The molecular weight excluding hydrogens is 204 g/mol. The van der Waals surface area contributed by atoms with E-state index in [2.05, 4.69) is 5.32 Å². The van der Waals surface area contributed by atoms with Gasteiger partial charge in [-0.2, -0.15) is 0 Å². The smallest absolute Gasteiger partial charge is 0.252 e. The molecular formula is C12H16N2O2. The number of carbonyl (C=O) groups excluding carboxylic acids is 1. The van der Waals surface area contributed by atoms with Crippen molar-refractivity contribution in [3.63, 3.8) is 0 Å². The molecule has 0 aliphatic carbocycles. The fourth-order valence-electron chi connectivity index (χ4n) is 2.22. The average molecular weight is 220 g/mol. The van der Waals surface area contributed by atoms with Crippen molar-refractivity contribution < 1.29 is 4.79 Å². The Hall–Kier alpha value is -1.58. The number of aromatic nitrogens is 1. The van der Waals surface area contributed by atoms with Gasteiger partial charge in [-0.25, -0.2) is 0 Å². The second-order valence-corrected chi connectivity index (χ2v) is 4.23. The van der Waals surface area contributed by atoms with Crippen LogP contribution in [0.4, 0.5) is 5.82 Å². The third kappa shape index (κ3) is 1.75. The predicted octanol–water partition coefficient (Wildman–Crippen LogP) is 1.57. The van der Waals surface area contributed by atoms with Crippen molar-refractivity contribution in [3.05, 3.63) is 27.5 Å². The van der Waals surface area contributed by atoms with E-state index < -0.39 is 0 Å². The molecule has 0 saturated heterocycles. The van der Waals surface area contributed by atoms with E-state index in [9.17, 15) is 9.59 Å². The Labute approximate surface area is 94.3 Å².